The number of pyridine rings is 1. The van der Waals surface area contributed by atoms with E-state index >= 15 is 0 Å². The average Bonchev–Trinajstić information content (AvgIpc) is 2.78. The molecule has 0 saturated carbocycles. The Labute approximate surface area is 121 Å². The number of imidazole rings is 1. The Hall–Kier alpha value is -2.60. The summed E-state index contributed by atoms with van der Waals surface area (Å²) < 4.78 is 1.77. The highest BCUT2D eigenvalue weighted by molar-refractivity contribution is 5.79. The number of nitrogens with two attached hydrogens (primary N) is 1. The molecule has 6 nitrogen and oxygen atoms in total. The van der Waals surface area contributed by atoms with Crippen LogP contribution < -0.4 is 5.73 Å². The first-order chi connectivity index (χ1) is 10.1. The van der Waals surface area contributed by atoms with Crippen LogP contribution in [0, 0.1) is 6.92 Å². The van der Waals surface area contributed by atoms with Gasteiger partial charge >= 0.3 is 0 Å². The SMILES string of the molecule is Cc1ccc(O)c(Cn2c(N)nc3ccc(CO)cc32)n1. The van der Waals surface area contributed by atoms with E-state index in [0.29, 0.717) is 18.2 Å². The summed E-state index contributed by atoms with van der Waals surface area (Å²) in [5.41, 5.74) is 9.66. The fourth-order valence-corrected chi connectivity index (χ4v) is 2.32. The molecule has 0 amide bonds. The fourth-order valence-electron chi connectivity index (χ4n) is 2.32. The van der Waals surface area contributed by atoms with Crippen LogP contribution in [0.4, 0.5) is 5.95 Å². The van der Waals surface area contributed by atoms with Gasteiger partial charge in [0.05, 0.1) is 24.2 Å². The molecule has 0 unspecified atom stereocenters. The number of hydrogen-bond donors (Lipinski definition) is 3. The lowest BCUT2D eigenvalue weighted by atomic mass is 10.2. The van der Waals surface area contributed by atoms with Crippen LogP contribution in [0.15, 0.2) is 30.3 Å². The van der Waals surface area contributed by atoms with Gasteiger partial charge < -0.3 is 20.5 Å². The van der Waals surface area contributed by atoms with Crippen LogP contribution in [0.3, 0.4) is 0 Å². The Morgan fingerprint density at radius 2 is 2.00 bits per heavy atom. The minimum atomic E-state index is -0.0467. The zero-order chi connectivity index (χ0) is 15.0. The van der Waals surface area contributed by atoms with Crippen molar-refractivity contribution < 1.29 is 10.2 Å². The lowest BCUT2D eigenvalue weighted by molar-refractivity contribution is 0.282. The number of benzene rings is 1. The van der Waals surface area contributed by atoms with Gasteiger partial charge in [0.1, 0.15) is 11.4 Å². The van der Waals surface area contributed by atoms with E-state index < -0.39 is 0 Å². The van der Waals surface area contributed by atoms with Crippen molar-refractivity contribution in [3.8, 4) is 5.75 Å². The molecule has 0 bridgehead atoms. The molecule has 0 radical (unpaired) electrons. The number of aromatic hydroxyl groups is 1. The molecule has 2 aromatic heterocycles. The van der Waals surface area contributed by atoms with Gasteiger partial charge in [0.15, 0.2) is 0 Å². The van der Waals surface area contributed by atoms with Crippen molar-refractivity contribution in [2.75, 3.05) is 5.73 Å². The number of fused-ring (bicyclic) bond motifs is 1. The van der Waals surface area contributed by atoms with Gasteiger partial charge in [-0.1, -0.05) is 6.07 Å². The maximum atomic E-state index is 9.92. The maximum Gasteiger partial charge on any atom is 0.201 e. The van der Waals surface area contributed by atoms with Crippen LogP contribution in [0.2, 0.25) is 0 Å². The van der Waals surface area contributed by atoms with Gasteiger partial charge in [-0.2, -0.15) is 0 Å². The Morgan fingerprint density at radius 1 is 1.19 bits per heavy atom. The molecule has 108 valence electrons. The summed E-state index contributed by atoms with van der Waals surface area (Å²) in [6.45, 7) is 2.14. The minimum absolute atomic E-state index is 0.0467. The molecule has 0 aliphatic carbocycles. The quantitative estimate of drug-likeness (QED) is 0.678. The predicted molar refractivity (Wildman–Crippen MR) is 79.8 cm³/mol. The van der Waals surface area contributed by atoms with Crippen molar-refractivity contribution in [1.82, 2.24) is 14.5 Å². The monoisotopic (exact) mass is 284 g/mol. The van der Waals surface area contributed by atoms with E-state index in [4.69, 9.17) is 5.73 Å². The smallest absolute Gasteiger partial charge is 0.201 e. The number of nitrogens with zero attached hydrogens (tertiary/aromatic N) is 3. The number of nitrogen functional groups attached to an aromatic ring is 1. The van der Waals surface area contributed by atoms with E-state index in [0.717, 1.165) is 22.3 Å². The molecule has 0 aliphatic rings. The van der Waals surface area contributed by atoms with Crippen LogP contribution in [0.25, 0.3) is 11.0 Å². The molecule has 3 aromatic rings. The molecule has 0 aliphatic heterocycles. The Balaban J connectivity index is 2.11. The summed E-state index contributed by atoms with van der Waals surface area (Å²) in [7, 11) is 0. The van der Waals surface area contributed by atoms with Gasteiger partial charge in [0.2, 0.25) is 5.95 Å². The number of aromatic nitrogens is 3. The summed E-state index contributed by atoms with van der Waals surface area (Å²) in [5, 5.41) is 19.2. The molecule has 0 atom stereocenters. The predicted octanol–water partition coefficient (Wildman–Crippen LogP) is 1.57. The highest BCUT2D eigenvalue weighted by atomic mass is 16.3. The molecular weight excluding hydrogens is 268 g/mol. The summed E-state index contributed by atoms with van der Waals surface area (Å²) in [6.07, 6.45) is 0. The van der Waals surface area contributed by atoms with Gasteiger partial charge in [-0.25, -0.2) is 4.98 Å². The fraction of sp³-hybridized carbons (Fsp3) is 0.200. The zero-order valence-corrected chi connectivity index (χ0v) is 11.6. The topological polar surface area (TPSA) is 97.2 Å². The average molecular weight is 284 g/mol. The summed E-state index contributed by atoms with van der Waals surface area (Å²) in [6, 6.07) is 8.83. The van der Waals surface area contributed by atoms with E-state index in [1.807, 2.05) is 25.1 Å². The van der Waals surface area contributed by atoms with Crippen molar-refractivity contribution in [2.45, 2.75) is 20.1 Å². The van der Waals surface area contributed by atoms with Crippen molar-refractivity contribution >= 4 is 17.0 Å². The number of aryl methyl sites for hydroxylation is 1. The van der Waals surface area contributed by atoms with Gasteiger partial charge in [0.25, 0.3) is 0 Å². The van der Waals surface area contributed by atoms with Crippen molar-refractivity contribution in [1.29, 1.82) is 0 Å². The van der Waals surface area contributed by atoms with E-state index in [9.17, 15) is 10.2 Å². The molecule has 0 fully saturated rings. The van der Waals surface area contributed by atoms with Gasteiger partial charge in [0, 0.05) is 5.69 Å². The largest absolute Gasteiger partial charge is 0.506 e. The summed E-state index contributed by atoms with van der Waals surface area (Å²) in [4.78, 5) is 8.62. The number of anilines is 1. The number of aliphatic hydroxyl groups is 1. The lowest BCUT2D eigenvalue weighted by Gasteiger charge is -2.09. The summed E-state index contributed by atoms with van der Waals surface area (Å²) >= 11 is 0. The van der Waals surface area contributed by atoms with Crippen LogP contribution in [0.1, 0.15) is 17.0 Å². The second-order valence-corrected chi connectivity index (χ2v) is 4.96. The molecule has 21 heavy (non-hydrogen) atoms. The minimum Gasteiger partial charge on any atom is -0.506 e. The molecule has 0 saturated heterocycles. The first-order valence-electron chi connectivity index (χ1n) is 6.59. The van der Waals surface area contributed by atoms with E-state index in [1.165, 1.54) is 0 Å². The zero-order valence-electron chi connectivity index (χ0n) is 11.6. The molecule has 4 N–H and O–H groups in total. The second-order valence-electron chi connectivity index (χ2n) is 4.96. The van der Waals surface area contributed by atoms with Crippen LogP contribution in [-0.2, 0) is 13.2 Å². The van der Waals surface area contributed by atoms with Crippen LogP contribution in [-0.4, -0.2) is 24.7 Å². The number of aliphatic hydroxyl groups excluding tert-OH is 1. The first-order valence-corrected chi connectivity index (χ1v) is 6.59. The Kier molecular flexibility index (Phi) is 3.23. The van der Waals surface area contributed by atoms with E-state index in [-0.39, 0.29) is 12.4 Å². The Morgan fingerprint density at radius 3 is 2.76 bits per heavy atom. The normalized spacial score (nSPS) is 11.1. The number of hydrogen-bond acceptors (Lipinski definition) is 5. The van der Waals surface area contributed by atoms with Crippen molar-refractivity contribution in [2.24, 2.45) is 0 Å². The third-order valence-corrected chi connectivity index (χ3v) is 3.42. The lowest BCUT2D eigenvalue weighted by Crippen LogP contribution is -2.07. The molecule has 2 heterocycles. The maximum absolute atomic E-state index is 9.92. The van der Waals surface area contributed by atoms with E-state index in [1.54, 1.807) is 16.7 Å². The van der Waals surface area contributed by atoms with Crippen molar-refractivity contribution in [3.05, 3.63) is 47.3 Å². The highest BCUT2D eigenvalue weighted by Crippen LogP contribution is 2.23. The van der Waals surface area contributed by atoms with Crippen molar-refractivity contribution in [3.63, 3.8) is 0 Å². The van der Waals surface area contributed by atoms with Crippen LogP contribution >= 0.6 is 0 Å². The highest BCUT2D eigenvalue weighted by Gasteiger charge is 2.12. The molecule has 6 heteroatoms. The molecule has 3 rings (SSSR count). The molecule has 1 aromatic carbocycles. The van der Waals surface area contributed by atoms with Gasteiger partial charge in [-0.05, 0) is 36.8 Å². The van der Waals surface area contributed by atoms with Gasteiger partial charge in [-0.3, -0.25) is 4.98 Å². The Bertz CT molecular complexity index is 811. The molecular formula is C15H16N4O2. The van der Waals surface area contributed by atoms with Crippen LogP contribution in [0.5, 0.6) is 5.75 Å². The first kappa shape index (κ1) is 13.4. The standard InChI is InChI=1S/C15H16N4O2/c1-9-2-5-14(21)12(17-9)7-19-13-6-10(8-20)3-4-11(13)18-15(19)16/h2-6,20-21H,7-8H2,1H3,(H2,16,18). The number of rotatable bonds is 3. The third-order valence-electron chi connectivity index (χ3n) is 3.42. The second kappa shape index (κ2) is 5.06. The molecule has 0 spiro atoms. The van der Waals surface area contributed by atoms with Gasteiger partial charge in [-0.15, -0.1) is 0 Å². The van der Waals surface area contributed by atoms with E-state index in [2.05, 4.69) is 9.97 Å². The summed E-state index contributed by atoms with van der Waals surface area (Å²) in [5.74, 6) is 0.475. The third kappa shape index (κ3) is 2.41.